The molecule has 0 fully saturated rings. The van der Waals surface area contributed by atoms with E-state index in [4.69, 9.17) is 10.6 Å². The third-order valence-corrected chi connectivity index (χ3v) is 2.50. The normalized spacial score (nSPS) is 11.0. The number of halogens is 1. The summed E-state index contributed by atoms with van der Waals surface area (Å²) in [5.41, 5.74) is -0.500. The molecule has 0 aliphatic rings. The van der Waals surface area contributed by atoms with Gasteiger partial charge in [-0.05, 0) is 48.8 Å². The Morgan fingerprint density at radius 3 is 2.74 bits per heavy atom. The van der Waals surface area contributed by atoms with Crippen molar-refractivity contribution in [2.45, 2.75) is 26.4 Å². The van der Waals surface area contributed by atoms with Crippen LogP contribution in [0.15, 0.2) is 22.8 Å². The largest absolute Gasteiger partial charge is 0.444 e. The van der Waals surface area contributed by atoms with E-state index < -0.39 is 11.7 Å². The van der Waals surface area contributed by atoms with Crippen LogP contribution < -0.4 is 16.2 Å². The number of hydrogen-bond donors (Lipinski definition) is 2. The molecule has 0 unspecified atom stereocenters. The fourth-order valence-corrected chi connectivity index (χ4v) is 1.48. The van der Waals surface area contributed by atoms with Gasteiger partial charge in [0.15, 0.2) is 0 Å². The van der Waals surface area contributed by atoms with Crippen molar-refractivity contribution in [3.05, 3.63) is 22.8 Å². The van der Waals surface area contributed by atoms with Crippen molar-refractivity contribution in [1.29, 1.82) is 0 Å². The van der Waals surface area contributed by atoms with Crippen molar-refractivity contribution >= 4 is 27.8 Å². The molecule has 0 aliphatic heterocycles. The van der Waals surface area contributed by atoms with Gasteiger partial charge < -0.3 is 10.1 Å². The van der Waals surface area contributed by atoms with Crippen LogP contribution in [-0.2, 0) is 4.74 Å². The van der Waals surface area contributed by atoms with Crippen molar-refractivity contribution in [3.8, 4) is 0 Å². The minimum absolute atomic E-state index is 0.378. The zero-order valence-corrected chi connectivity index (χ0v) is 12.9. The van der Waals surface area contributed by atoms with Crippen LogP contribution in [0.4, 0.5) is 10.6 Å². The topological polar surface area (TPSA) is 80.5 Å². The van der Waals surface area contributed by atoms with E-state index in [1.54, 1.807) is 12.3 Å². The second-order valence-electron chi connectivity index (χ2n) is 4.96. The third kappa shape index (κ3) is 6.40. The molecule has 6 nitrogen and oxygen atoms in total. The number of carbonyl (C=O) groups excluding carboxylic acids is 1. The highest BCUT2D eigenvalue weighted by atomic mass is 79.9. The van der Waals surface area contributed by atoms with Gasteiger partial charge in [-0.25, -0.2) is 15.6 Å². The van der Waals surface area contributed by atoms with E-state index in [2.05, 4.69) is 26.2 Å². The molecule has 0 bridgehead atoms. The first-order valence-electron chi connectivity index (χ1n) is 5.88. The Morgan fingerprint density at radius 1 is 1.53 bits per heavy atom. The van der Waals surface area contributed by atoms with Crippen LogP contribution in [-0.4, -0.2) is 29.8 Å². The van der Waals surface area contributed by atoms with Gasteiger partial charge in [-0.2, -0.15) is 0 Å². The van der Waals surface area contributed by atoms with Gasteiger partial charge in [0.05, 0.1) is 6.54 Å². The number of carbonyl (C=O) groups is 1. The van der Waals surface area contributed by atoms with Gasteiger partial charge in [0.1, 0.15) is 11.4 Å². The number of alkyl carbamates (subject to hydrolysis) is 1. The summed E-state index contributed by atoms with van der Waals surface area (Å²) in [5, 5.41) is 4.09. The summed E-state index contributed by atoms with van der Waals surface area (Å²) in [4.78, 5) is 15.6. The van der Waals surface area contributed by atoms with Gasteiger partial charge in [-0.1, -0.05) is 0 Å². The summed E-state index contributed by atoms with van der Waals surface area (Å²) in [6, 6.07) is 3.64. The first-order chi connectivity index (χ1) is 8.78. The molecule has 0 aromatic carbocycles. The SMILES string of the molecule is CC(C)(C)OC(=O)NCCN(N)c1ccc(Br)cn1. The molecule has 3 N–H and O–H groups in total. The molecule has 0 saturated carbocycles. The van der Waals surface area contributed by atoms with Crippen LogP contribution in [0.1, 0.15) is 20.8 Å². The number of nitrogens with two attached hydrogens (primary N) is 1. The average molecular weight is 331 g/mol. The molecule has 0 saturated heterocycles. The maximum atomic E-state index is 11.4. The molecule has 0 radical (unpaired) electrons. The van der Waals surface area contributed by atoms with Crippen LogP contribution in [0, 0.1) is 0 Å². The molecule has 1 amide bonds. The number of pyridine rings is 1. The van der Waals surface area contributed by atoms with Crippen molar-refractivity contribution in [1.82, 2.24) is 10.3 Å². The molecular weight excluding hydrogens is 312 g/mol. The summed E-state index contributed by atoms with van der Waals surface area (Å²) in [7, 11) is 0. The zero-order chi connectivity index (χ0) is 14.5. The van der Waals surface area contributed by atoms with Gasteiger partial charge in [0.25, 0.3) is 0 Å². The fourth-order valence-electron chi connectivity index (χ4n) is 1.25. The minimum atomic E-state index is -0.500. The summed E-state index contributed by atoms with van der Waals surface area (Å²) in [6.07, 6.45) is 1.21. The monoisotopic (exact) mass is 330 g/mol. The molecule has 19 heavy (non-hydrogen) atoms. The number of hydrazine groups is 1. The summed E-state index contributed by atoms with van der Waals surface area (Å²) in [6.45, 7) is 6.26. The van der Waals surface area contributed by atoms with Crippen LogP contribution >= 0.6 is 15.9 Å². The smallest absolute Gasteiger partial charge is 0.407 e. The van der Waals surface area contributed by atoms with Gasteiger partial charge in [0, 0.05) is 17.2 Å². The van der Waals surface area contributed by atoms with Gasteiger partial charge in [-0.3, -0.25) is 5.01 Å². The minimum Gasteiger partial charge on any atom is -0.444 e. The van der Waals surface area contributed by atoms with E-state index in [1.807, 2.05) is 26.8 Å². The lowest BCUT2D eigenvalue weighted by atomic mass is 10.2. The quantitative estimate of drug-likeness (QED) is 0.652. The first kappa shape index (κ1) is 15.7. The number of amides is 1. The van der Waals surface area contributed by atoms with E-state index in [9.17, 15) is 4.79 Å². The van der Waals surface area contributed by atoms with Crippen LogP contribution in [0.2, 0.25) is 0 Å². The van der Waals surface area contributed by atoms with E-state index >= 15 is 0 Å². The molecule has 0 aliphatic carbocycles. The van der Waals surface area contributed by atoms with Crippen LogP contribution in [0.25, 0.3) is 0 Å². The van der Waals surface area contributed by atoms with E-state index in [0.717, 1.165) is 4.47 Å². The molecule has 1 rings (SSSR count). The number of anilines is 1. The molecule has 7 heteroatoms. The summed E-state index contributed by atoms with van der Waals surface area (Å²) >= 11 is 3.30. The Kier molecular flexibility index (Phi) is 5.56. The number of nitrogens with one attached hydrogen (secondary N) is 1. The van der Waals surface area contributed by atoms with Gasteiger partial charge >= 0.3 is 6.09 Å². The van der Waals surface area contributed by atoms with Crippen molar-refractivity contribution in [3.63, 3.8) is 0 Å². The van der Waals surface area contributed by atoms with Crippen molar-refractivity contribution < 1.29 is 9.53 Å². The number of aromatic nitrogens is 1. The lowest BCUT2D eigenvalue weighted by Gasteiger charge is -2.21. The molecule has 1 aromatic heterocycles. The highest BCUT2D eigenvalue weighted by Crippen LogP contribution is 2.12. The van der Waals surface area contributed by atoms with E-state index in [-0.39, 0.29) is 0 Å². The maximum Gasteiger partial charge on any atom is 0.407 e. The molecule has 0 spiro atoms. The van der Waals surface area contributed by atoms with E-state index in [0.29, 0.717) is 18.9 Å². The molecule has 1 aromatic rings. The predicted molar refractivity (Wildman–Crippen MR) is 77.7 cm³/mol. The zero-order valence-electron chi connectivity index (χ0n) is 11.3. The fraction of sp³-hybridized carbons (Fsp3) is 0.500. The van der Waals surface area contributed by atoms with Crippen molar-refractivity contribution in [2.24, 2.45) is 5.84 Å². The van der Waals surface area contributed by atoms with Gasteiger partial charge in [0.2, 0.25) is 0 Å². The number of ether oxygens (including phenoxy) is 1. The lowest BCUT2D eigenvalue weighted by molar-refractivity contribution is 0.0529. The third-order valence-electron chi connectivity index (χ3n) is 2.03. The maximum absolute atomic E-state index is 11.4. The molecular formula is C12H19BrN4O2. The Bertz CT molecular complexity index is 417. The summed E-state index contributed by atoms with van der Waals surface area (Å²) in [5.74, 6) is 6.46. The molecule has 1 heterocycles. The van der Waals surface area contributed by atoms with E-state index in [1.165, 1.54) is 5.01 Å². The lowest BCUT2D eigenvalue weighted by Crippen LogP contribution is -2.41. The first-order valence-corrected chi connectivity index (χ1v) is 6.68. The second kappa shape index (κ2) is 6.72. The predicted octanol–water partition coefficient (Wildman–Crippen LogP) is 2.05. The Labute approximate surface area is 121 Å². The summed E-state index contributed by atoms with van der Waals surface area (Å²) < 4.78 is 6.00. The average Bonchev–Trinajstić information content (AvgIpc) is 2.27. The number of hydrogen-bond acceptors (Lipinski definition) is 5. The highest BCUT2D eigenvalue weighted by Gasteiger charge is 2.15. The Morgan fingerprint density at radius 2 is 2.21 bits per heavy atom. The second-order valence-corrected chi connectivity index (χ2v) is 5.87. The number of nitrogens with zero attached hydrogens (tertiary/aromatic N) is 2. The van der Waals surface area contributed by atoms with Crippen LogP contribution in [0.5, 0.6) is 0 Å². The molecule has 106 valence electrons. The number of rotatable bonds is 4. The highest BCUT2D eigenvalue weighted by molar-refractivity contribution is 9.10. The van der Waals surface area contributed by atoms with Crippen LogP contribution in [0.3, 0.4) is 0 Å². The Hall–Kier alpha value is -1.34. The Balaban J connectivity index is 2.33. The standard InChI is InChI=1S/C12H19BrN4O2/c1-12(2,3)19-11(18)15-6-7-17(14)10-5-4-9(13)8-16-10/h4-5,8H,6-7,14H2,1-3H3,(H,15,18). The molecule has 0 atom stereocenters. The van der Waals surface area contributed by atoms with Crippen molar-refractivity contribution in [2.75, 3.05) is 18.1 Å². The van der Waals surface area contributed by atoms with Gasteiger partial charge in [-0.15, -0.1) is 0 Å².